The maximum atomic E-state index is 6.20. The van der Waals surface area contributed by atoms with Crippen molar-refractivity contribution in [3.8, 4) is 0 Å². The monoisotopic (exact) mass is 264 g/mol. The van der Waals surface area contributed by atoms with Gasteiger partial charge in [0.15, 0.2) is 5.82 Å². The fraction of sp³-hybridized carbons (Fsp3) is 0.538. The predicted octanol–water partition coefficient (Wildman–Crippen LogP) is 3.08. The van der Waals surface area contributed by atoms with Gasteiger partial charge in [0.05, 0.1) is 11.7 Å². The molecule has 18 heavy (non-hydrogen) atoms. The van der Waals surface area contributed by atoms with E-state index < -0.39 is 0 Å². The van der Waals surface area contributed by atoms with Gasteiger partial charge in [-0.2, -0.15) is 5.10 Å². The predicted molar refractivity (Wildman–Crippen MR) is 73.1 cm³/mol. The van der Waals surface area contributed by atoms with Gasteiger partial charge in [-0.3, -0.25) is 0 Å². The van der Waals surface area contributed by atoms with Gasteiger partial charge in [-0.05, 0) is 18.9 Å². The highest BCUT2D eigenvalue weighted by atomic mass is 35.5. The number of nitrogens with one attached hydrogen (secondary N) is 1. The molecule has 96 valence electrons. The Morgan fingerprint density at radius 2 is 2.11 bits per heavy atom. The molecule has 0 atom stereocenters. The molecule has 0 spiro atoms. The lowest BCUT2D eigenvalue weighted by atomic mass is 9.83. The van der Waals surface area contributed by atoms with Crippen LogP contribution in [-0.2, 0) is 0 Å². The van der Waals surface area contributed by atoms with Gasteiger partial charge >= 0.3 is 0 Å². The van der Waals surface area contributed by atoms with E-state index >= 15 is 0 Å². The third-order valence-electron chi connectivity index (χ3n) is 3.77. The SMILES string of the molecule is ClCC1(Nc2nccn3nccc23)CCCCC1. The van der Waals surface area contributed by atoms with Crippen LogP contribution in [-0.4, -0.2) is 26.0 Å². The Kier molecular flexibility index (Phi) is 3.12. The van der Waals surface area contributed by atoms with Crippen LogP contribution >= 0.6 is 11.6 Å². The third-order valence-corrected chi connectivity index (χ3v) is 4.29. The van der Waals surface area contributed by atoms with Gasteiger partial charge in [0.2, 0.25) is 0 Å². The summed E-state index contributed by atoms with van der Waals surface area (Å²) in [5.41, 5.74) is 1.01. The maximum Gasteiger partial charge on any atom is 0.152 e. The summed E-state index contributed by atoms with van der Waals surface area (Å²) in [7, 11) is 0. The van der Waals surface area contributed by atoms with Crippen LogP contribution in [0.5, 0.6) is 0 Å². The first-order chi connectivity index (χ1) is 8.83. The molecular formula is C13H17ClN4. The first-order valence-electron chi connectivity index (χ1n) is 6.46. The smallest absolute Gasteiger partial charge is 0.152 e. The first kappa shape index (κ1) is 11.8. The summed E-state index contributed by atoms with van der Waals surface area (Å²) >= 11 is 6.20. The summed E-state index contributed by atoms with van der Waals surface area (Å²) in [5, 5.41) is 7.79. The lowest BCUT2D eigenvalue weighted by molar-refractivity contribution is 0.352. The van der Waals surface area contributed by atoms with Crippen molar-refractivity contribution in [3.63, 3.8) is 0 Å². The minimum atomic E-state index is -0.00107. The summed E-state index contributed by atoms with van der Waals surface area (Å²) in [5.74, 6) is 1.52. The molecule has 3 rings (SSSR count). The molecular weight excluding hydrogens is 248 g/mol. The van der Waals surface area contributed by atoms with E-state index in [2.05, 4.69) is 15.4 Å². The molecule has 2 aromatic heterocycles. The number of hydrogen-bond donors (Lipinski definition) is 1. The lowest BCUT2D eigenvalue weighted by Gasteiger charge is -2.37. The Morgan fingerprint density at radius 3 is 2.89 bits per heavy atom. The molecule has 1 saturated carbocycles. The average molecular weight is 265 g/mol. The highest BCUT2D eigenvalue weighted by Gasteiger charge is 2.31. The van der Waals surface area contributed by atoms with E-state index in [4.69, 9.17) is 11.6 Å². The molecule has 1 aliphatic carbocycles. The lowest BCUT2D eigenvalue weighted by Crippen LogP contribution is -2.42. The number of halogens is 1. The van der Waals surface area contributed by atoms with Crippen molar-refractivity contribution in [2.45, 2.75) is 37.6 Å². The van der Waals surface area contributed by atoms with Crippen molar-refractivity contribution in [2.24, 2.45) is 0 Å². The second-order valence-electron chi connectivity index (χ2n) is 5.04. The molecule has 0 aromatic carbocycles. The van der Waals surface area contributed by atoms with Crippen LogP contribution in [0, 0.1) is 0 Å². The van der Waals surface area contributed by atoms with Crippen LogP contribution in [0.15, 0.2) is 24.7 Å². The minimum Gasteiger partial charge on any atom is -0.362 e. The van der Waals surface area contributed by atoms with Crippen LogP contribution < -0.4 is 5.32 Å². The topological polar surface area (TPSA) is 42.2 Å². The molecule has 0 unspecified atom stereocenters. The van der Waals surface area contributed by atoms with E-state index in [0.717, 1.165) is 24.2 Å². The number of aromatic nitrogens is 3. The Hall–Kier alpha value is -1.29. The number of hydrogen-bond acceptors (Lipinski definition) is 3. The van der Waals surface area contributed by atoms with Crippen LogP contribution in [0.4, 0.5) is 5.82 Å². The molecule has 0 saturated heterocycles. The zero-order valence-electron chi connectivity index (χ0n) is 10.3. The number of alkyl halides is 1. The fourth-order valence-corrected chi connectivity index (χ4v) is 3.06. The van der Waals surface area contributed by atoms with E-state index in [1.54, 1.807) is 12.4 Å². The van der Waals surface area contributed by atoms with Gasteiger partial charge in [0.1, 0.15) is 5.52 Å². The number of nitrogens with zero attached hydrogens (tertiary/aromatic N) is 3. The third kappa shape index (κ3) is 2.05. The Bertz CT molecular complexity index is 531. The molecule has 4 nitrogen and oxygen atoms in total. The van der Waals surface area contributed by atoms with Crippen molar-refractivity contribution in [2.75, 3.05) is 11.2 Å². The van der Waals surface area contributed by atoms with Gasteiger partial charge in [-0.15, -0.1) is 11.6 Å². The summed E-state index contributed by atoms with van der Waals surface area (Å²) < 4.78 is 1.83. The minimum absolute atomic E-state index is 0.00107. The fourth-order valence-electron chi connectivity index (χ4n) is 2.73. The molecule has 0 radical (unpaired) electrons. The van der Waals surface area contributed by atoms with E-state index in [1.165, 1.54) is 19.3 Å². The molecule has 2 heterocycles. The molecule has 1 fully saturated rings. The molecule has 0 aliphatic heterocycles. The normalized spacial score (nSPS) is 18.9. The Morgan fingerprint density at radius 1 is 1.28 bits per heavy atom. The van der Waals surface area contributed by atoms with Crippen molar-refractivity contribution in [1.29, 1.82) is 0 Å². The molecule has 2 aromatic rings. The van der Waals surface area contributed by atoms with E-state index in [0.29, 0.717) is 5.88 Å². The van der Waals surface area contributed by atoms with Crippen molar-refractivity contribution in [3.05, 3.63) is 24.7 Å². The van der Waals surface area contributed by atoms with Gasteiger partial charge in [-0.1, -0.05) is 19.3 Å². The van der Waals surface area contributed by atoms with Gasteiger partial charge in [0, 0.05) is 18.3 Å². The van der Waals surface area contributed by atoms with Crippen molar-refractivity contribution < 1.29 is 0 Å². The van der Waals surface area contributed by atoms with E-state index in [9.17, 15) is 0 Å². The summed E-state index contributed by atoms with van der Waals surface area (Å²) in [6, 6.07) is 1.97. The quantitative estimate of drug-likeness (QED) is 0.867. The van der Waals surface area contributed by atoms with Gasteiger partial charge in [-0.25, -0.2) is 9.50 Å². The molecule has 0 bridgehead atoms. The maximum absolute atomic E-state index is 6.20. The van der Waals surface area contributed by atoms with Crippen molar-refractivity contribution in [1.82, 2.24) is 14.6 Å². The Balaban J connectivity index is 1.92. The van der Waals surface area contributed by atoms with Crippen LogP contribution in [0.1, 0.15) is 32.1 Å². The molecule has 0 amide bonds. The summed E-state index contributed by atoms with van der Waals surface area (Å²) in [4.78, 5) is 4.44. The highest BCUT2D eigenvalue weighted by molar-refractivity contribution is 6.18. The zero-order valence-corrected chi connectivity index (χ0v) is 11.0. The Labute approximate surface area is 111 Å². The number of rotatable bonds is 3. The second kappa shape index (κ2) is 4.76. The molecule has 1 N–H and O–H groups in total. The van der Waals surface area contributed by atoms with Crippen LogP contribution in [0.25, 0.3) is 5.52 Å². The second-order valence-corrected chi connectivity index (χ2v) is 5.30. The molecule has 1 aliphatic rings. The standard InChI is InChI=1S/C13H17ClN4/c14-10-13(5-2-1-3-6-13)17-12-11-4-7-16-18(11)9-8-15-12/h4,7-9H,1-3,5-6,10H2,(H,15,17). The summed E-state index contributed by atoms with van der Waals surface area (Å²) in [6.45, 7) is 0. The highest BCUT2D eigenvalue weighted by Crippen LogP contribution is 2.33. The average Bonchev–Trinajstić information content (AvgIpc) is 2.89. The zero-order chi connectivity index (χ0) is 12.4. The first-order valence-corrected chi connectivity index (χ1v) is 6.99. The van der Waals surface area contributed by atoms with Crippen LogP contribution in [0.3, 0.4) is 0 Å². The van der Waals surface area contributed by atoms with E-state index in [1.807, 2.05) is 16.8 Å². The summed E-state index contributed by atoms with van der Waals surface area (Å²) in [6.07, 6.45) is 11.4. The van der Waals surface area contributed by atoms with E-state index in [-0.39, 0.29) is 5.54 Å². The van der Waals surface area contributed by atoms with Gasteiger partial charge < -0.3 is 5.32 Å². The molecule has 5 heteroatoms. The van der Waals surface area contributed by atoms with Crippen LogP contribution in [0.2, 0.25) is 0 Å². The number of anilines is 1. The van der Waals surface area contributed by atoms with Crippen molar-refractivity contribution >= 4 is 22.9 Å². The number of fused-ring (bicyclic) bond motifs is 1. The van der Waals surface area contributed by atoms with Gasteiger partial charge in [0.25, 0.3) is 0 Å². The largest absolute Gasteiger partial charge is 0.362 e.